The van der Waals surface area contributed by atoms with Crippen LogP contribution in [-0.2, 0) is 0 Å². The molecule has 0 bridgehead atoms. The molecule has 0 saturated heterocycles. The first kappa shape index (κ1) is 10.2. The molecule has 3 heteroatoms. The zero-order valence-electron chi connectivity index (χ0n) is 8.46. The average Bonchev–Trinajstić information content (AvgIpc) is 2.39. The summed E-state index contributed by atoms with van der Waals surface area (Å²) in [7, 11) is 0. The van der Waals surface area contributed by atoms with Crippen LogP contribution in [0, 0.1) is 0 Å². The molecule has 0 fully saturated rings. The molecule has 0 atom stereocenters. The van der Waals surface area contributed by atoms with Crippen molar-refractivity contribution in [2.75, 3.05) is 0 Å². The summed E-state index contributed by atoms with van der Waals surface area (Å²) >= 11 is 0. The monoisotopic (exact) mass is 211 g/mol. The molecular weight excluding hydrogens is 202 g/mol. The van der Waals surface area contributed by atoms with Gasteiger partial charge in [-0.05, 0) is 11.6 Å². The zero-order valence-corrected chi connectivity index (χ0v) is 8.46. The lowest BCUT2D eigenvalue weighted by Gasteiger charge is -2.03. The fourth-order valence-electron chi connectivity index (χ4n) is 1.49. The molecule has 0 radical (unpaired) electrons. The van der Waals surface area contributed by atoms with E-state index in [1.807, 2.05) is 0 Å². The lowest BCUT2D eigenvalue weighted by atomic mass is 10.0. The maximum atomic E-state index is 10.8. The SMILES string of the molecule is O=Cc1ccc(-c2cnccc2C=O)cc1. The Labute approximate surface area is 92.8 Å². The Balaban J connectivity index is 2.49. The number of carbonyl (C=O) groups is 2. The van der Waals surface area contributed by atoms with Gasteiger partial charge in [0.2, 0.25) is 0 Å². The van der Waals surface area contributed by atoms with Gasteiger partial charge < -0.3 is 0 Å². The first-order valence-corrected chi connectivity index (χ1v) is 4.80. The van der Waals surface area contributed by atoms with Crippen LogP contribution in [0.25, 0.3) is 11.1 Å². The van der Waals surface area contributed by atoms with Gasteiger partial charge in [-0.25, -0.2) is 0 Å². The van der Waals surface area contributed by atoms with Gasteiger partial charge in [0.1, 0.15) is 6.29 Å². The second kappa shape index (κ2) is 4.49. The van der Waals surface area contributed by atoms with Crippen molar-refractivity contribution in [3.63, 3.8) is 0 Å². The fraction of sp³-hybridized carbons (Fsp3) is 0. The normalized spacial score (nSPS) is 9.75. The molecule has 0 aliphatic carbocycles. The minimum atomic E-state index is 0.592. The Kier molecular flexibility index (Phi) is 2.87. The van der Waals surface area contributed by atoms with Crippen molar-refractivity contribution in [1.29, 1.82) is 0 Å². The number of aldehydes is 2. The Hall–Kier alpha value is -2.29. The summed E-state index contributed by atoms with van der Waals surface area (Å²) in [6, 6.07) is 8.69. The van der Waals surface area contributed by atoms with Gasteiger partial charge in [0.15, 0.2) is 6.29 Å². The molecule has 16 heavy (non-hydrogen) atoms. The van der Waals surface area contributed by atoms with Crippen LogP contribution in [0.1, 0.15) is 20.7 Å². The summed E-state index contributed by atoms with van der Waals surface area (Å²) in [6.07, 6.45) is 4.80. The molecule has 0 unspecified atom stereocenters. The van der Waals surface area contributed by atoms with E-state index in [0.29, 0.717) is 11.1 Å². The molecule has 0 aliphatic heterocycles. The third kappa shape index (κ3) is 1.88. The molecule has 0 aliphatic rings. The Bertz CT molecular complexity index is 518. The molecule has 0 N–H and O–H groups in total. The molecule has 1 aromatic carbocycles. The molecule has 1 heterocycles. The fourth-order valence-corrected chi connectivity index (χ4v) is 1.49. The van der Waals surface area contributed by atoms with E-state index in [1.54, 1.807) is 42.7 Å². The molecule has 2 aromatic rings. The number of aromatic nitrogens is 1. The first-order chi connectivity index (χ1) is 7.85. The number of hydrogen-bond donors (Lipinski definition) is 0. The van der Waals surface area contributed by atoms with E-state index in [1.165, 1.54) is 0 Å². The van der Waals surface area contributed by atoms with Crippen molar-refractivity contribution in [3.05, 3.63) is 53.9 Å². The topological polar surface area (TPSA) is 47.0 Å². The van der Waals surface area contributed by atoms with Gasteiger partial charge in [0.05, 0.1) is 0 Å². The molecular formula is C13H9NO2. The lowest BCUT2D eigenvalue weighted by molar-refractivity contribution is 0.111. The summed E-state index contributed by atoms with van der Waals surface area (Å²) in [4.78, 5) is 25.3. The van der Waals surface area contributed by atoms with Crippen molar-refractivity contribution in [1.82, 2.24) is 4.98 Å². The number of nitrogens with zero attached hydrogens (tertiary/aromatic N) is 1. The van der Waals surface area contributed by atoms with E-state index in [9.17, 15) is 9.59 Å². The van der Waals surface area contributed by atoms with Gasteiger partial charge in [-0.1, -0.05) is 24.3 Å². The van der Waals surface area contributed by atoms with Crippen molar-refractivity contribution in [3.8, 4) is 11.1 Å². The first-order valence-electron chi connectivity index (χ1n) is 4.80. The van der Waals surface area contributed by atoms with Crippen molar-refractivity contribution in [2.24, 2.45) is 0 Å². The van der Waals surface area contributed by atoms with Gasteiger partial charge in [0, 0.05) is 29.1 Å². The molecule has 0 saturated carbocycles. The molecule has 0 amide bonds. The molecule has 2 rings (SSSR count). The Morgan fingerprint density at radius 2 is 1.69 bits per heavy atom. The van der Waals surface area contributed by atoms with E-state index in [4.69, 9.17) is 0 Å². The summed E-state index contributed by atoms with van der Waals surface area (Å²) in [5.41, 5.74) is 2.85. The third-order valence-corrected chi connectivity index (χ3v) is 2.34. The molecule has 1 aromatic heterocycles. The number of carbonyl (C=O) groups excluding carboxylic acids is 2. The third-order valence-electron chi connectivity index (χ3n) is 2.34. The van der Waals surface area contributed by atoms with E-state index in [0.717, 1.165) is 23.7 Å². The van der Waals surface area contributed by atoms with E-state index < -0.39 is 0 Å². The van der Waals surface area contributed by atoms with Crippen molar-refractivity contribution >= 4 is 12.6 Å². The largest absolute Gasteiger partial charge is 0.298 e. The smallest absolute Gasteiger partial charge is 0.150 e. The molecule has 0 spiro atoms. The maximum Gasteiger partial charge on any atom is 0.150 e. The van der Waals surface area contributed by atoms with E-state index in [2.05, 4.69) is 4.98 Å². The van der Waals surface area contributed by atoms with Crippen LogP contribution in [0.2, 0.25) is 0 Å². The summed E-state index contributed by atoms with van der Waals surface area (Å²) in [5.74, 6) is 0. The number of hydrogen-bond acceptors (Lipinski definition) is 3. The van der Waals surface area contributed by atoms with Crippen LogP contribution in [0.5, 0.6) is 0 Å². The van der Waals surface area contributed by atoms with Crippen LogP contribution >= 0.6 is 0 Å². The second-order valence-corrected chi connectivity index (χ2v) is 3.32. The van der Waals surface area contributed by atoms with E-state index in [-0.39, 0.29) is 0 Å². The predicted molar refractivity (Wildman–Crippen MR) is 60.4 cm³/mol. The van der Waals surface area contributed by atoms with Crippen LogP contribution in [0.3, 0.4) is 0 Å². The van der Waals surface area contributed by atoms with Gasteiger partial charge in [-0.15, -0.1) is 0 Å². The van der Waals surface area contributed by atoms with E-state index >= 15 is 0 Å². The highest BCUT2D eigenvalue weighted by atomic mass is 16.1. The number of rotatable bonds is 3. The van der Waals surface area contributed by atoms with Crippen LogP contribution in [0.4, 0.5) is 0 Å². The summed E-state index contributed by atoms with van der Waals surface area (Å²) in [6.45, 7) is 0. The number of benzene rings is 1. The average molecular weight is 211 g/mol. The maximum absolute atomic E-state index is 10.8. The van der Waals surface area contributed by atoms with Gasteiger partial charge in [0.25, 0.3) is 0 Å². The Morgan fingerprint density at radius 3 is 2.31 bits per heavy atom. The second-order valence-electron chi connectivity index (χ2n) is 3.32. The standard InChI is InChI=1S/C13H9NO2/c15-8-10-1-3-11(4-2-10)13-7-14-6-5-12(13)9-16/h1-9H. The van der Waals surface area contributed by atoms with Gasteiger partial charge in [-0.3, -0.25) is 14.6 Å². The quantitative estimate of drug-likeness (QED) is 0.732. The predicted octanol–water partition coefficient (Wildman–Crippen LogP) is 2.37. The lowest BCUT2D eigenvalue weighted by Crippen LogP contribution is -1.89. The minimum absolute atomic E-state index is 0.592. The summed E-state index contributed by atoms with van der Waals surface area (Å²) in [5, 5.41) is 0. The van der Waals surface area contributed by atoms with Crippen LogP contribution < -0.4 is 0 Å². The summed E-state index contributed by atoms with van der Waals surface area (Å²) < 4.78 is 0. The Morgan fingerprint density at radius 1 is 0.938 bits per heavy atom. The van der Waals surface area contributed by atoms with Crippen molar-refractivity contribution < 1.29 is 9.59 Å². The van der Waals surface area contributed by atoms with Crippen molar-refractivity contribution in [2.45, 2.75) is 0 Å². The zero-order chi connectivity index (χ0) is 11.4. The molecule has 3 nitrogen and oxygen atoms in total. The highest BCUT2D eigenvalue weighted by molar-refractivity contribution is 5.87. The van der Waals surface area contributed by atoms with Crippen LogP contribution in [0.15, 0.2) is 42.7 Å². The van der Waals surface area contributed by atoms with Crippen LogP contribution in [-0.4, -0.2) is 17.6 Å². The number of pyridine rings is 1. The van der Waals surface area contributed by atoms with Gasteiger partial charge in [-0.2, -0.15) is 0 Å². The minimum Gasteiger partial charge on any atom is -0.298 e. The highest BCUT2D eigenvalue weighted by Gasteiger charge is 2.03. The molecule has 78 valence electrons. The van der Waals surface area contributed by atoms with Gasteiger partial charge >= 0.3 is 0 Å². The highest BCUT2D eigenvalue weighted by Crippen LogP contribution is 2.21.